The first-order chi connectivity index (χ1) is 17.7. The maximum atomic E-state index is 13.5. The predicted octanol–water partition coefficient (Wildman–Crippen LogP) is 4.33. The van der Waals surface area contributed by atoms with Gasteiger partial charge in [-0.15, -0.1) is 0 Å². The zero-order chi connectivity index (χ0) is 26.3. The van der Waals surface area contributed by atoms with Crippen molar-refractivity contribution in [3.8, 4) is 11.1 Å². The minimum absolute atomic E-state index is 0.0925. The summed E-state index contributed by atoms with van der Waals surface area (Å²) >= 11 is 0. The van der Waals surface area contributed by atoms with Gasteiger partial charge in [0.1, 0.15) is 0 Å². The number of fused-ring (bicyclic) bond motifs is 2. The van der Waals surface area contributed by atoms with E-state index in [0.29, 0.717) is 22.2 Å². The first kappa shape index (κ1) is 24.3. The summed E-state index contributed by atoms with van der Waals surface area (Å²) in [6.45, 7) is 8.12. The molecule has 190 valence electrons. The first-order valence-electron chi connectivity index (χ1n) is 12.5. The summed E-state index contributed by atoms with van der Waals surface area (Å²) in [7, 11) is 0. The zero-order valence-corrected chi connectivity index (χ0v) is 21.4. The molecule has 0 aliphatic heterocycles. The van der Waals surface area contributed by atoms with E-state index in [2.05, 4.69) is 32.3 Å². The molecular weight excluding hydrogens is 468 g/mol. The lowest BCUT2D eigenvalue weighted by molar-refractivity contribution is 0.0952. The summed E-state index contributed by atoms with van der Waals surface area (Å²) < 4.78 is 1.89. The van der Waals surface area contributed by atoms with Gasteiger partial charge in [0.05, 0.1) is 28.3 Å². The van der Waals surface area contributed by atoms with Crippen LogP contribution in [0.3, 0.4) is 0 Å². The normalized spacial score (nSPS) is 11.6. The van der Waals surface area contributed by atoms with Gasteiger partial charge < -0.3 is 20.3 Å². The smallest absolute Gasteiger partial charge is 0.323 e. The van der Waals surface area contributed by atoms with Gasteiger partial charge in [0, 0.05) is 29.2 Å². The molecule has 4 N–H and O–H groups in total. The second kappa shape index (κ2) is 9.57. The van der Waals surface area contributed by atoms with Crippen LogP contribution in [0.5, 0.6) is 0 Å². The van der Waals surface area contributed by atoms with Crippen LogP contribution >= 0.6 is 0 Å². The van der Waals surface area contributed by atoms with Crippen LogP contribution in [0.1, 0.15) is 60.4 Å². The van der Waals surface area contributed by atoms with E-state index in [9.17, 15) is 14.4 Å². The highest BCUT2D eigenvalue weighted by Crippen LogP contribution is 2.30. The van der Waals surface area contributed by atoms with Gasteiger partial charge in [0.2, 0.25) is 0 Å². The third kappa shape index (κ3) is 4.60. The molecule has 3 aromatic heterocycles. The number of hydrogen-bond acceptors (Lipinski definition) is 4. The molecule has 9 nitrogen and oxygen atoms in total. The van der Waals surface area contributed by atoms with E-state index in [4.69, 9.17) is 0 Å². The van der Waals surface area contributed by atoms with Crippen molar-refractivity contribution >= 4 is 27.8 Å². The van der Waals surface area contributed by atoms with E-state index in [1.54, 1.807) is 6.20 Å². The quantitative estimate of drug-likeness (QED) is 0.266. The van der Waals surface area contributed by atoms with E-state index in [0.717, 1.165) is 46.1 Å². The highest BCUT2D eigenvalue weighted by Gasteiger charge is 2.19. The van der Waals surface area contributed by atoms with Crippen molar-refractivity contribution in [1.82, 2.24) is 30.0 Å². The standard InChI is InChI=1S/C28H30N6O3/c1-5-6-18-9-16(4)31-27(36)21(18)13-29-26(35)20-10-19(12-25-22(20)14-30-34(25)15(2)3)17-7-8-23-24(11-17)33-28(37)32-23/h7-12,14-15H,5-6,13H2,1-4H3,(H,29,35)(H,31,36)(H2,32,33,37). The van der Waals surface area contributed by atoms with Gasteiger partial charge in [-0.2, -0.15) is 5.10 Å². The maximum Gasteiger partial charge on any atom is 0.323 e. The minimum Gasteiger partial charge on any atom is -0.348 e. The number of benzene rings is 2. The van der Waals surface area contributed by atoms with Crippen LogP contribution in [0.15, 0.2) is 52.2 Å². The lowest BCUT2D eigenvalue weighted by Crippen LogP contribution is -2.28. The number of pyridine rings is 1. The molecule has 1 amide bonds. The molecule has 9 heteroatoms. The SMILES string of the molecule is CCCc1cc(C)[nH]c(=O)c1CNC(=O)c1cc(-c2ccc3[nH]c(=O)[nH]c3c2)cc2c1cnn2C(C)C. The number of nitrogens with one attached hydrogen (secondary N) is 4. The van der Waals surface area contributed by atoms with E-state index in [1.807, 2.05) is 61.9 Å². The number of carbonyl (C=O) groups is 1. The number of aryl methyl sites for hydroxylation is 2. The van der Waals surface area contributed by atoms with Crippen molar-refractivity contribution in [3.05, 3.63) is 85.8 Å². The summed E-state index contributed by atoms with van der Waals surface area (Å²) in [5, 5.41) is 8.24. The van der Waals surface area contributed by atoms with E-state index < -0.39 is 0 Å². The highest BCUT2D eigenvalue weighted by molar-refractivity contribution is 6.08. The van der Waals surface area contributed by atoms with E-state index >= 15 is 0 Å². The number of imidazole rings is 1. The molecule has 0 aliphatic carbocycles. The van der Waals surface area contributed by atoms with Gasteiger partial charge in [0.15, 0.2) is 0 Å². The topological polar surface area (TPSA) is 128 Å². The van der Waals surface area contributed by atoms with Gasteiger partial charge in [-0.1, -0.05) is 19.4 Å². The van der Waals surface area contributed by atoms with E-state index in [-0.39, 0.29) is 29.7 Å². The van der Waals surface area contributed by atoms with Gasteiger partial charge in [0.25, 0.3) is 11.5 Å². The molecule has 0 spiro atoms. The molecule has 0 unspecified atom stereocenters. The Morgan fingerprint density at radius 1 is 1.03 bits per heavy atom. The molecule has 0 fully saturated rings. The number of hydrogen-bond donors (Lipinski definition) is 4. The van der Waals surface area contributed by atoms with Gasteiger partial charge in [-0.05, 0) is 74.2 Å². The Morgan fingerprint density at radius 3 is 2.57 bits per heavy atom. The fourth-order valence-corrected chi connectivity index (χ4v) is 4.86. The Morgan fingerprint density at radius 2 is 1.81 bits per heavy atom. The van der Waals surface area contributed by atoms with Crippen molar-refractivity contribution in [1.29, 1.82) is 0 Å². The number of aromatic nitrogens is 5. The number of aromatic amines is 3. The monoisotopic (exact) mass is 498 g/mol. The molecule has 5 aromatic rings. The Kier molecular flexibility index (Phi) is 6.29. The van der Waals surface area contributed by atoms with Crippen LogP contribution < -0.4 is 16.6 Å². The Labute approximate surface area is 212 Å². The number of H-pyrrole nitrogens is 3. The number of nitrogens with zero attached hydrogens (tertiary/aromatic N) is 2. The van der Waals surface area contributed by atoms with Gasteiger partial charge in [-0.3, -0.25) is 14.3 Å². The van der Waals surface area contributed by atoms with Crippen LogP contribution in [0.2, 0.25) is 0 Å². The molecule has 37 heavy (non-hydrogen) atoms. The molecule has 0 radical (unpaired) electrons. The summed E-state index contributed by atoms with van der Waals surface area (Å²) in [5.41, 5.74) is 6.27. The van der Waals surface area contributed by atoms with Crippen molar-refractivity contribution in [3.63, 3.8) is 0 Å². The predicted molar refractivity (Wildman–Crippen MR) is 145 cm³/mol. The fourth-order valence-electron chi connectivity index (χ4n) is 4.86. The largest absolute Gasteiger partial charge is 0.348 e. The fraction of sp³-hybridized carbons (Fsp3) is 0.286. The summed E-state index contributed by atoms with van der Waals surface area (Å²) in [6.07, 6.45) is 3.38. The van der Waals surface area contributed by atoms with Crippen molar-refractivity contribution in [2.45, 2.75) is 53.1 Å². The van der Waals surface area contributed by atoms with Crippen LogP contribution in [-0.2, 0) is 13.0 Å². The summed E-state index contributed by atoms with van der Waals surface area (Å²) in [6, 6.07) is 11.5. The zero-order valence-electron chi connectivity index (χ0n) is 21.4. The Balaban J connectivity index is 1.57. The van der Waals surface area contributed by atoms with Crippen LogP contribution in [0.4, 0.5) is 0 Å². The van der Waals surface area contributed by atoms with Crippen molar-refractivity contribution in [2.24, 2.45) is 0 Å². The van der Waals surface area contributed by atoms with Gasteiger partial charge in [-0.25, -0.2) is 4.79 Å². The minimum atomic E-state index is -0.284. The first-order valence-corrected chi connectivity index (χ1v) is 12.5. The molecule has 0 saturated carbocycles. The van der Waals surface area contributed by atoms with E-state index in [1.165, 1.54) is 0 Å². The molecule has 5 rings (SSSR count). The molecule has 2 aromatic carbocycles. The molecule has 0 bridgehead atoms. The average Bonchev–Trinajstić information content (AvgIpc) is 3.44. The lowest BCUT2D eigenvalue weighted by atomic mass is 9.99. The van der Waals surface area contributed by atoms with Crippen LogP contribution in [0.25, 0.3) is 33.1 Å². The second-order valence-electron chi connectivity index (χ2n) is 9.70. The average molecular weight is 499 g/mol. The highest BCUT2D eigenvalue weighted by atomic mass is 16.2. The number of carbonyl (C=O) groups excluding carboxylic acids is 1. The third-order valence-corrected chi connectivity index (χ3v) is 6.61. The molecule has 0 atom stereocenters. The molecule has 0 aliphatic rings. The molecule has 3 heterocycles. The Hall–Kier alpha value is -4.40. The summed E-state index contributed by atoms with van der Waals surface area (Å²) in [4.78, 5) is 46.3. The molecular formula is C28H30N6O3. The third-order valence-electron chi connectivity index (χ3n) is 6.61. The maximum absolute atomic E-state index is 13.5. The second-order valence-corrected chi connectivity index (χ2v) is 9.70. The van der Waals surface area contributed by atoms with Crippen molar-refractivity contribution in [2.75, 3.05) is 0 Å². The number of amides is 1. The van der Waals surface area contributed by atoms with Crippen molar-refractivity contribution < 1.29 is 4.79 Å². The molecule has 0 saturated heterocycles. The number of rotatable bonds is 7. The summed E-state index contributed by atoms with van der Waals surface area (Å²) in [5.74, 6) is -0.284. The van der Waals surface area contributed by atoms with Gasteiger partial charge >= 0.3 is 5.69 Å². The van der Waals surface area contributed by atoms with Crippen LogP contribution in [-0.4, -0.2) is 30.6 Å². The lowest BCUT2D eigenvalue weighted by Gasteiger charge is -2.13. The van der Waals surface area contributed by atoms with Crippen LogP contribution in [0, 0.1) is 6.92 Å². The Bertz CT molecular complexity index is 1750.